The first-order valence-corrected chi connectivity index (χ1v) is 20.4. The number of hydrogen-bond donors (Lipinski definition) is 2. The van der Waals surface area contributed by atoms with Gasteiger partial charge in [0.25, 0.3) is 0 Å². The lowest BCUT2D eigenvalue weighted by molar-refractivity contribution is -0.294. The molecule has 10 heterocycles. The number of fused-ring (bicyclic) bond motifs is 6. The Morgan fingerprint density at radius 1 is 0.788 bits per heavy atom. The molecule has 11 heteroatoms. The van der Waals surface area contributed by atoms with Crippen LogP contribution in [-0.4, -0.2) is 119 Å². The first-order chi connectivity index (χ1) is 24.9. The van der Waals surface area contributed by atoms with Crippen molar-refractivity contribution in [3.8, 4) is 0 Å². The number of aliphatic hydroxyl groups is 2. The molecule has 52 heavy (non-hydrogen) atoms. The maximum absolute atomic E-state index is 14.0. The van der Waals surface area contributed by atoms with Crippen LogP contribution in [-0.2, 0) is 42.7 Å². The zero-order valence-electron chi connectivity index (χ0n) is 31.2. The summed E-state index contributed by atoms with van der Waals surface area (Å²) in [7, 11) is 0. The fraction of sp³-hybridized carbons (Fsp3) is 0.878. The Labute approximate surface area is 308 Å². The van der Waals surface area contributed by atoms with Crippen molar-refractivity contribution in [1.29, 1.82) is 0 Å². The summed E-state index contributed by atoms with van der Waals surface area (Å²) in [6.45, 7) is 15.1. The van der Waals surface area contributed by atoms with E-state index in [-0.39, 0.29) is 104 Å². The fourth-order valence-electron chi connectivity index (χ4n) is 11.7. The maximum Gasteiger partial charge on any atom is 0.172 e. The van der Waals surface area contributed by atoms with Crippen LogP contribution in [0.25, 0.3) is 0 Å². The smallest absolute Gasteiger partial charge is 0.172 e. The molecular weight excluding hydrogens is 668 g/mol. The van der Waals surface area contributed by atoms with E-state index >= 15 is 0 Å². The van der Waals surface area contributed by atoms with E-state index in [9.17, 15) is 15.0 Å². The molecule has 0 aromatic carbocycles. The topological polar surface area (TPSA) is 131 Å². The summed E-state index contributed by atoms with van der Waals surface area (Å²) < 4.78 is 54.4. The number of ketones is 1. The Balaban J connectivity index is 0.994. The summed E-state index contributed by atoms with van der Waals surface area (Å²) >= 11 is 0. The van der Waals surface area contributed by atoms with E-state index in [0.717, 1.165) is 56.1 Å². The molecule has 0 radical (unpaired) electrons. The molecule has 10 fully saturated rings. The van der Waals surface area contributed by atoms with Crippen LogP contribution in [0.4, 0.5) is 0 Å². The molecule has 19 atom stereocenters. The predicted octanol–water partition coefficient (Wildman–Crippen LogP) is 4.48. The van der Waals surface area contributed by atoms with Gasteiger partial charge in [0.1, 0.15) is 41.9 Å². The minimum Gasteiger partial charge on any atom is -0.394 e. The minimum atomic E-state index is -0.875. The molecule has 12 bridgehead atoms. The lowest BCUT2D eigenvalue weighted by Gasteiger charge is -2.47. The van der Waals surface area contributed by atoms with Gasteiger partial charge in [-0.15, -0.1) is 0 Å². The highest BCUT2D eigenvalue weighted by atomic mass is 16.8. The Bertz CT molecular complexity index is 1400. The molecule has 2 N–H and O–H groups in total. The lowest BCUT2D eigenvalue weighted by Crippen LogP contribution is -2.61. The van der Waals surface area contributed by atoms with Gasteiger partial charge >= 0.3 is 0 Å². The predicted molar refractivity (Wildman–Crippen MR) is 187 cm³/mol. The minimum absolute atomic E-state index is 0.0143. The van der Waals surface area contributed by atoms with Gasteiger partial charge in [0, 0.05) is 38.5 Å². The van der Waals surface area contributed by atoms with Gasteiger partial charge in [-0.2, -0.15) is 0 Å². The van der Waals surface area contributed by atoms with Crippen LogP contribution < -0.4 is 0 Å². The molecule has 10 aliphatic heterocycles. The first kappa shape index (κ1) is 36.4. The SMILES string of the molecule is C=C1C[C@@H]2CC[C@@]34C[C@@]5(C)O[C@H]6[C@@H](O3)[C@H]3OC(CC[C@@H]3O[C@H]6[C@H]5O4)CC(=O)C[C@@H]3[C@@H](C)[C@@H](C[C@H](O)CO)O[C@H]3CC3O[C@@H](CCC1O2)C[C@@H](C)C3=C. The van der Waals surface area contributed by atoms with E-state index in [1.54, 1.807) is 0 Å². The van der Waals surface area contributed by atoms with Crippen LogP contribution in [0.1, 0.15) is 104 Å². The summed E-state index contributed by atoms with van der Waals surface area (Å²) in [5, 5.41) is 20.0. The second kappa shape index (κ2) is 13.7. The molecule has 11 nitrogen and oxygen atoms in total. The number of hydrogen-bond acceptors (Lipinski definition) is 11. The molecule has 0 aliphatic carbocycles. The molecular formula is C41H60O11. The Hall–Kier alpha value is -1.25. The Morgan fingerprint density at radius 2 is 1.56 bits per heavy atom. The standard InChI is InChI=1S/C41H60O11/c1-20-12-26-6-8-30-21(2)13-28(45-30)10-11-41-19-40(5)39(52-41)38-37(50-40)36(51-41)35-31(49-38)9-7-27(47-35)14-24(43)15-29-23(4)32(16-25(44)18-42)48-34(29)17-33(46-26)22(20)3/h20,23,25-39,42,44H,2-3,6-19H2,1,4-5H3/t20-,23-,25+,26+,27?,28+,29-,30?,31+,32-,33?,34+,35+,36+,37+,38-,39-,40-,41-/m1/s1. The average molecular weight is 729 g/mol. The number of carbonyl (C=O) groups excluding carboxylic acids is 1. The van der Waals surface area contributed by atoms with Crippen molar-refractivity contribution in [2.75, 3.05) is 6.61 Å². The van der Waals surface area contributed by atoms with Crippen molar-refractivity contribution in [2.24, 2.45) is 17.8 Å². The molecule has 290 valence electrons. The molecule has 10 saturated heterocycles. The van der Waals surface area contributed by atoms with Gasteiger partial charge in [0.15, 0.2) is 5.79 Å². The summed E-state index contributed by atoms with van der Waals surface area (Å²) in [4.78, 5) is 14.0. The lowest BCUT2D eigenvalue weighted by atomic mass is 9.78. The fourth-order valence-corrected chi connectivity index (χ4v) is 11.7. The van der Waals surface area contributed by atoms with E-state index in [1.165, 1.54) is 0 Å². The quantitative estimate of drug-likeness (QED) is 0.399. The van der Waals surface area contributed by atoms with E-state index in [4.69, 9.17) is 37.9 Å². The molecule has 10 aliphatic rings. The summed E-state index contributed by atoms with van der Waals surface area (Å²) in [6, 6.07) is 0. The third-order valence-corrected chi connectivity index (χ3v) is 14.5. The average Bonchev–Trinajstić information content (AvgIpc) is 3.73. The van der Waals surface area contributed by atoms with Crippen molar-refractivity contribution in [3.63, 3.8) is 0 Å². The zero-order chi connectivity index (χ0) is 36.1. The van der Waals surface area contributed by atoms with Gasteiger partial charge in [-0.3, -0.25) is 4.79 Å². The normalized spacial score (nSPS) is 53.8. The van der Waals surface area contributed by atoms with Crippen LogP contribution in [0.3, 0.4) is 0 Å². The van der Waals surface area contributed by atoms with Gasteiger partial charge in [0.05, 0.1) is 61.5 Å². The zero-order valence-corrected chi connectivity index (χ0v) is 31.2. The van der Waals surface area contributed by atoms with Crippen LogP contribution in [0.5, 0.6) is 0 Å². The van der Waals surface area contributed by atoms with Crippen molar-refractivity contribution in [1.82, 2.24) is 0 Å². The summed E-state index contributed by atoms with van der Waals surface area (Å²) in [5.41, 5.74) is 1.72. The van der Waals surface area contributed by atoms with Crippen LogP contribution in [0.15, 0.2) is 24.3 Å². The Morgan fingerprint density at radius 3 is 2.38 bits per heavy atom. The molecule has 10 rings (SSSR count). The molecule has 0 aromatic heterocycles. The second-order valence-corrected chi connectivity index (χ2v) is 18.2. The second-order valence-electron chi connectivity index (χ2n) is 18.2. The van der Waals surface area contributed by atoms with E-state index in [1.807, 2.05) is 0 Å². The number of carbonyl (C=O) groups is 1. The summed E-state index contributed by atoms with van der Waals surface area (Å²) in [6.07, 6.45) is 5.40. The number of ether oxygens (including phenoxy) is 8. The molecule has 0 saturated carbocycles. The van der Waals surface area contributed by atoms with Crippen molar-refractivity contribution >= 4 is 5.78 Å². The highest BCUT2D eigenvalue weighted by Gasteiger charge is 2.73. The van der Waals surface area contributed by atoms with Gasteiger partial charge in [-0.05, 0) is 80.8 Å². The van der Waals surface area contributed by atoms with Crippen molar-refractivity contribution < 1.29 is 52.9 Å². The maximum atomic E-state index is 14.0. The Kier molecular flexibility index (Phi) is 9.62. The summed E-state index contributed by atoms with van der Waals surface area (Å²) in [5.74, 6) is -0.418. The van der Waals surface area contributed by atoms with Gasteiger partial charge in [0.2, 0.25) is 0 Å². The van der Waals surface area contributed by atoms with E-state index in [2.05, 4.69) is 33.9 Å². The van der Waals surface area contributed by atoms with E-state index < -0.39 is 17.5 Å². The monoisotopic (exact) mass is 728 g/mol. The highest BCUT2D eigenvalue weighted by Crippen LogP contribution is 2.58. The largest absolute Gasteiger partial charge is 0.394 e. The third-order valence-electron chi connectivity index (χ3n) is 14.5. The van der Waals surface area contributed by atoms with Gasteiger partial charge in [-0.25, -0.2) is 0 Å². The van der Waals surface area contributed by atoms with Gasteiger partial charge < -0.3 is 48.1 Å². The highest BCUT2D eigenvalue weighted by molar-refractivity contribution is 5.79. The van der Waals surface area contributed by atoms with Crippen molar-refractivity contribution in [3.05, 3.63) is 24.3 Å². The van der Waals surface area contributed by atoms with Gasteiger partial charge in [-0.1, -0.05) is 27.0 Å². The molecule has 1 spiro atoms. The van der Waals surface area contributed by atoms with Crippen LogP contribution in [0, 0.1) is 17.8 Å². The first-order valence-electron chi connectivity index (χ1n) is 20.4. The van der Waals surface area contributed by atoms with Crippen LogP contribution >= 0.6 is 0 Å². The van der Waals surface area contributed by atoms with E-state index in [0.29, 0.717) is 44.4 Å². The third kappa shape index (κ3) is 6.40. The van der Waals surface area contributed by atoms with Crippen molar-refractivity contribution in [2.45, 2.75) is 201 Å². The number of aliphatic hydroxyl groups excluding tert-OH is 2. The molecule has 0 aromatic rings. The number of rotatable bonds is 3. The number of Topliss-reactive ketones (excluding diaryl/α,β-unsaturated/α-hetero) is 1. The van der Waals surface area contributed by atoms with Crippen LogP contribution in [0.2, 0.25) is 0 Å². The molecule has 3 unspecified atom stereocenters. The molecule has 0 amide bonds.